The Morgan fingerprint density at radius 3 is 2.80 bits per heavy atom. The molecule has 6 nitrogen and oxygen atoms in total. The molecular formula is C14H18N2O4. The Balaban J connectivity index is 2.24. The predicted octanol–water partition coefficient (Wildman–Crippen LogP) is 3.14. The van der Waals surface area contributed by atoms with E-state index in [-0.39, 0.29) is 16.9 Å². The number of hydrogen-bond acceptors (Lipinski definition) is 4. The van der Waals surface area contributed by atoms with Gasteiger partial charge < -0.3 is 10.4 Å². The smallest absolute Gasteiger partial charge is 0.338 e. The summed E-state index contributed by atoms with van der Waals surface area (Å²) in [5.74, 6) is -0.148. The highest BCUT2D eigenvalue weighted by molar-refractivity contribution is 5.96. The van der Waals surface area contributed by atoms with Gasteiger partial charge in [0.1, 0.15) is 5.69 Å². The summed E-state index contributed by atoms with van der Waals surface area (Å²) in [6.07, 6.45) is 3.41. The molecule has 2 atom stereocenters. The van der Waals surface area contributed by atoms with Crippen LogP contribution in [0.15, 0.2) is 18.2 Å². The Morgan fingerprint density at radius 1 is 1.50 bits per heavy atom. The fourth-order valence-electron chi connectivity index (χ4n) is 2.81. The zero-order valence-corrected chi connectivity index (χ0v) is 11.3. The molecule has 2 unspecified atom stereocenters. The monoisotopic (exact) mass is 278 g/mol. The second-order valence-corrected chi connectivity index (χ2v) is 5.31. The van der Waals surface area contributed by atoms with Crippen LogP contribution in [0.25, 0.3) is 0 Å². The standard InChI is InChI=1S/C14H18N2O4/c1-9-4-2-5-10(9)8-15-13-11(14(17)18)6-3-7-12(13)16(19)20/h3,6-7,9-10,15H,2,4-5,8H2,1H3,(H,17,18). The second-order valence-electron chi connectivity index (χ2n) is 5.31. The molecule has 1 aliphatic carbocycles. The molecular weight excluding hydrogens is 260 g/mol. The first-order valence-corrected chi connectivity index (χ1v) is 6.75. The fraction of sp³-hybridized carbons (Fsp3) is 0.500. The summed E-state index contributed by atoms with van der Waals surface area (Å²) in [6, 6.07) is 4.10. The number of aromatic carboxylic acids is 1. The normalized spacial score (nSPS) is 21.6. The molecule has 0 radical (unpaired) electrons. The largest absolute Gasteiger partial charge is 0.478 e. The van der Waals surface area contributed by atoms with Gasteiger partial charge >= 0.3 is 5.97 Å². The van der Waals surface area contributed by atoms with Gasteiger partial charge in [0.05, 0.1) is 10.5 Å². The fourth-order valence-corrected chi connectivity index (χ4v) is 2.81. The van der Waals surface area contributed by atoms with E-state index < -0.39 is 10.9 Å². The highest BCUT2D eigenvalue weighted by atomic mass is 16.6. The van der Waals surface area contributed by atoms with E-state index in [0.717, 1.165) is 19.3 Å². The van der Waals surface area contributed by atoms with Crippen LogP contribution in [0.2, 0.25) is 0 Å². The Bertz CT molecular complexity index is 498. The number of anilines is 1. The van der Waals surface area contributed by atoms with Crippen molar-refractivity contribution in [3.05, 3.63) is 33.9 Å². The van der Waals surface area contributed by atoms with E-state index in [4.69, 9.17) is 5.11 Å². The molecule has 0 amide bonds. The van der Waals surface area contributed by atoms with Gasteiger partial charge in [-0.05, 0) is 24.3 Å². The minimum Gasteiger partial charge on any atom is -0.478 e. The average Bonchev–Trinajstić information content (AvgIpc) is 2.81. The van der Waals surface area contributed by atoms with Crippen molar-refractivity contribution >= 4 is 17.3 Å². The van der Waals surface area contributed by atoms with Crippen molar-refractivity contribution in [1.29, 1.82) is 0 Å². The number of nitro groups is 1. The van der Waals surface area contributed by atoms with Gasteiger partial charge in [-0.1, -0.05) is 25.8 Å². The van der Waals surface area contributed by atoms with E-state index in [1.54, 1.807) is 0 Å². The Morgan fingerprint density at radius 2 is 2.25 bits per heavy atom. The lowest BCUT2D eigenvalue weighted by atomic mass is 9.98. The molecule has 1 aliphatic rings. The molecule has 1 aromatic carbocycles. The maximum atomic E-state index is 11.2. The van der Waals surface area contributed by atoms with Crippen LogP contribution in [0.4, 0.5) is 11.4 Å². The van der Waals surface area contributed by atoms with Gasteiger partial charge in [-0.2, -0.15) is 0 Å². The maximum absolute atomic E-state index is 11.2. The summed E-state index contributed by atoms with van der Waals surface area (Å²) in [6.45, 7) is 2.74. The third-order valence-corrected chi connectivity index (χ3v) is 4.05. The lowest BCUT2D eigenvalue weighted by molar-refractivity contribution is -0.384. The number of nitrogens with one attached hydrogen (secondary N) is 1. The molecule has 0 spiro atoms. The molecule has 1 aromatic rings. The van der Waals surface area contributed by atoms with Crippen LogP contribution in [0.3, 0.4) is 0 Å². The number of para-hydroxylation sites is 1. The Labute approximate surface area is 117 Å². The molecule has 108 valence electrons. The van der Waals surface area contributed by atoms with Gasteiger partial charge in [-0.25, -0.2) is 4.79 Å². The van der Waals surface area contributed by atoms with Crippen LogP contribution in [-0.2, 0) is 0 Å². The Hall–Kier alpha value is -2.11. The zero-order chi connectivity index (χ0) is 14.7. The third kappa shape index (κ3) is 2.89. The molecule has 0 aliphatic heterocycles. The van der Waals surface area contributed by atoms with Crippen LogP contribution in [0.1, 0.15) is 36.5 Å². The predicted molar refractivity (Wildman–Crippen MR) is 75.1 cm³/mol. The van der Waals surface area contributed by atoms with Crippen molar-refractivity contribution in [2.45, 2.75) is 26.2 Å². The number of carboxylic acid groups (broad SMARTS) is 1. The van der Waals surface area contributed by atoms with E-state index in [2.05, 4.69) is 12.2 Å². The molecule has 0 bridgehead atoms. The molecule has 6 heteroatoms. The number of rotatable bonds is 5. The number of carboxylic acids is 1. The maximum Gasteiger partial charge on any atom is 0.338 e. The summed E-state index contributed by atoms with van der Waals surface area (Å²) in [5, 5.41) is 23.2. The third-order valence-electron chi connectivity index (χ3n) is 4.05. The van der Waals surface area contributed by atoms with Gasteiger partial charge in [0, 0.05) is 12.6 Å². The Kier molecular flexibility index (Phi) is 4.22. The summed E-state index contributed by atoms with van der Waals surface area (Å²) in [5.41, 5.74) is -0.121. The number of hydrogen-bond donors (Lipinski definition) is 2. The molecule has 2 rings (SSSR count). The molecule has 0 heterocycles. The zero-order valence-electron chi connectivity index (χ0n) is 11.3. The molecule has 2 N–H and O–H groups in total. The quantitative estimate of drug-likeness (QED) is 0.637. The van der Waals surface area contributed by atoms with Gasteiger partial charge in [-0.15, -0.1) is 0 Å². The summed E-state index contributed by atoms with van der Waals surface area (Å²) in [7, 11) is 0. The first-order chi connectivity index (χ1) is 9.50. The second kappa shape index (κ2) is 5.90. The topological polar surface area (TPSA) is 92.5 Å². The number of nitrogens with zero attached hydrogens (tertiary/aromatic N) is 1. The molecule has 0 aromatic heterocycles. The molecule has 1 saturated carbocycles. The lowest BCUT2D eigenvalue weighted by Gasteiger charge is -2.17. The SMILES string of the molecule is CC1CCCC1CNc1c(C(=O)O)cccc1[N+](=O)[O-]. The summed E-state index contributed by atoms with van der Waals surface area (Å²) in [4.78, 5) is 21.7. The molecule has 0 saturated heterocycles. The minimum atomic E-state index is -1.16. The highest BCUT2D eigenvalue weighted by Crippen LogP contribution is 2.33. The van der Waals surface area contributed by atoms with Crippen LogP contribution >= 0.6 is 0 Å². The average molecular weight is 278 g/mol. The van der Waals surface area contributed by atoms with Gasteiger partial charge in [-0.3, -0.25) is 10.1 Å². The van der Waals surface area contributed by atoms with Crippen molar-refractivity contribution in [3.8, 4) is 0 Å². The first-order valence-electron chi connectivity index (χ1n) is 6.75. The van der Waals surface area contributed by atoms with Crippen molar-refractivity contribution in [2.24, 2.45) is 11.8 Å². The number of benzene rings is 1. The van der Waals surface area contributed by atoms with Crippen LogP contribution in [0.5, 0.6) is 0 Å². The van der Waals surface area contributed by atoms with Gasteiger partial charge in [0.2, 0.25) is 0 Å². The van der Waals surface area contributed by atoms with Crippen LogP contribution < -0.4 is 5.32 Å². The van der Waals surface area contributed by atoms with E-state index in [1.807, 2.05) is 0 Å². The highest BCUT2D eigenvalue weighted by Gasteiger charge is 2.26. The summed E-state index contributed by atoms with van der Waals surface area (Å²) < 4.78 is 0. The van der Waals surface area contributed by atoms with Gasteiger partial charge in [0.25, 0.3) is 5.69 Å². The minimum absolute atomic E-state index is 0.0511. The van der Waals surface area contributed by atoms with E-state index >= 15 is 0 Å². The van der Waals surface area contributed by atoms with Crippen molar-refractivity contribution in [1.82, 2.24) is 0 Å². The first kappa shape index (κ1) is 14.3. The summed E-state index contributed by atoms with van der Waals surface area (Å²) >= 11 is 0. The number of nitro benzene ring substituents is 1. The number of carbonyl (C=O) groups is 1. The van der Waals surface area contributed by atoms with Crippen LogP contribution in [-0.4, -0.2) is 22.5 Å². The molecule has 20 heavy (non-hydrogen) atoms. The van der Waals surface area contributed by atoms with Crippen molar-refractivity contribution in [2.75, 3.05) is 11.9 Å². The van der Waals surface area contributed by atoms with E-state index in [9.17, 15) is 14.9 Å². The van der Waals surface area contributed by atoms with Crippen molar-refractivity contribution < 1.29 is 14.8 Å². The van der Waals surface area contributed by atoms with E-state index in [1.165, 1.54) is 18.2 Å². The van der Waals surface area contributed by atoms with Crippen LogP contribution in [0, 0.1) is 22.0 Å². The molecule has 1 fully saturated rings. The van der Waals surface area contributed by atoms with Gasteiger partial charge in [0.15, 0.2) is 0 Å². The lowest BCUT2D eigenvalue weighted by Crippen LogP contribution is -2.18. The van der Waals surface area contributed by atoms with Crippen molar-refractivity contribution in [3.63, 3.8) is 0 Å². The van der Waals surface area contributed by atoms with E-state index in [0.29, 0.717) is 18.4 Å².